The number of nitrogens with one attached hydrogen (secondary N) is 1. The third-order valence-electron chi connectivity index (χ3n) is 8.42. The molecule has 1 saturated carbocycles. The lowest BCUT2D eigenvalue weighted by molar-refractivity contribution is -0.146. The van der Waals surface area contributed by atoms with Gasteiger partial charge in [0.1, 0.15) is 23.0 Å². The molecule has 1 aliphatic heterocycles. The zero-order valence-electron chi connectivity index (χ0n) is 26.7. The number of benzene rings is 2. The quantitative estimate of drug-likeness (QED) is 0.134. The van der Waals surface area contributed by atoms with Crippen molar-refractivity contribution >= 4 is 41.6 Å². The lowest BCUT2D eigenvalue weighted by atomic mass is 9.96. The number of carbonyl (C=O) groups excluding carboxylic acids is 1. The molecule has 16 heteroatoms. The van der Waals surface area contributed by atoms with Crippen LogP contribution in [-0.2, 0) is 23.4 Å². The maximum atomic E-state index is 16.6. The van der Waals surface area contributed by atoms with E-state index in [9.17, 15) is 14.5 Å². The summed E-state index contributed by atoms with van der Waals surface area (Å²) in [5.74, 6) is -0.373. The van der Waals surface area contributed by atoms with E-state index in [1.165, 1.54) is 24.7 Å². The van der Waals surface area contributed by atoms with E-state index in [1.807, 2.05) is 32.0 Å². The number of carbonyl (C=O) groups is 1. The summed E-state index contributed by atoms with van der Waals surface area (Å²) in [5.41, 5.74) is 0.182. The van der Waals surface area contributed by atoms with Crippen LogP contribution in [-0.4, -0.2) is 73.3 Å². The number of esters is 1. The van der Waals surface area contributed by atoms with E-state index in [0.29, 0.717) is 5.39 Å². The number of halogens is 1. The lowest BCUT2D eigenvalue weighted by Crippen LogP contribution is -2.43. The van der Waals surface area contributed by atoms with Crippen LogP contribution in [0.3, 0.4) is 0 Å². The highest BCUT2D eigenvalue weighted by molar-refractivity contribution is 7.52. The molecule has 6 rings (SSSR count). The molecule has 2 aromatic carbocycles. The predicted octanol–water partition coefficient (Wildman–Crippen LogP) is 4.47. The average molecular weight is 673 g/mol. The van der Waals surface area contributed by atoms with Crippen molar-refractivity contribution in [3.05, 3.63) is 48.8 Å². The monoisotopic (exact) mass is 672 g/mol. The van der Waals surface area contributed by atoms with E-state index < -0.39 is 49.5 Å². The van der Waals surface area contributed by atoms with Crippen molar-refractivity contribution in [1.82, 2.24) is 24.6 Å². The molecule has 4 aromatic rings. The second kappa shape index (κ2) is 12.0. The molecule has 47 heavy (non-hydrogen) atoms. The van der Waals surface area contributed by atoms with Gasteiger partial charge in [0, 0.05) is 11.8 Å². The van der Waals surface area contributed by atoms with Crippen LogP contribution in [0.15, 0.2) is 48.8 Å². The number of hydrogen-bond donors (Lipinski definition) is 3. The molecule has 6 atom stereocenters. The third kappa shape index (κ3) is 5.80. The highest BCUT2D eigenvalue weighted by Crippen LogP contribution is 2.69. The van der Waals surface area contributed by atoms with Crippen LogP contribution < -0.4 is 20.1 Å². The van der Waals surface area contributed by atoms with E-state index in [2.05, 4.69) is 20.0 Å². The van der Waals surface area contributed by atoms with Crippen LogP contribution in [0.2, 0.25) is 0 Å². The van der Waals surface area contributed by atoms with Gasteiger partial charge in [-0.1, -0.05) is 50.2 Å². The number of nitrogens with zero attached hydrogens (tertiary/aromatic N) is 4. The number of anilines is 1. The standard InChI is InChI=1S/C31H38FN6O8P/c1-6-42-25-23-24(35-28(33)36-25)38(17-34-23)27-29(5,32)31(40)15-30(31,45-27)16-44-47(41,37-19(4)26(39)43-14-18(2)3)46-22-13-9-11-20-10-7-8-12-21(20)22/h7-13,17-19,27,40H,6,14-16H2,1-5H3,(H,37,41)(H2,33,35,36). The zero-order chi connectivity index (χ0) is 33.8. The molecule has 0 amide bonds. The van der Waals surface area contributed by atoms with Gasteiger partial charge in [-0.05, 0) is 38.1 Å². The van der Waals surface area contributed by atoms with Gasteiger partial charge in [-0.15, -0.1) is 0 Å². The molecule has 252 valence electrons. The largest absolute Gasteiger partial charge is 0.476 e. The van der Waals surface area contributed by atoms with Crippen molar-refractivity contribution in [1.29, 1.82) is 0 Å². The Kier molecular flexibility index (Phi) is 8.42. The van der Waals surface area contributed by atoms with Gasteiger partial charge in [-0.25, -0.2) is 13.9 Å². The summed E-state index contributed by atoms with van der Waals surface area (Å²) in [7, 11) is -4.42. The molecular weight excluding hydrogens is 634 g/mol. The number of nitrogen functional groups attached to an aromatic ring is 1. The number of ether oxygens (including phenoxy) is 3. The van der Waals surface area contributed by atoms with Gasteiger partial charge in [0.25, 0.3) is 0 Å². The van der Waals surface area contributed by atoms with Crippen LogP contribution in [0.4, 0.5) is 10.3 Å². The first-order chi connectivity index (χ1) is 22.2. The van der Waals surface area contributed by atoms with Crippen molar-refractivity contribution in [2.75, 3.05) is 25.6 Å². The maximum Gasteiger partial charge on any atom is 0.459 e. The number of rotatable bonds is 13. The molecule has 3 heterocycles. The van der Waals surface area contributed by atoms with Gasteiger partial charge < -0.3 is 29.6 Å². The second-order valence-electron chi connectivity index (χ2n) is 12.4. The lowest BCUT2D eigenvalue weighted by Gasteiger charge is -2.28. The molecule has 0 bridgehead atoms. The van der Waals surface area contributed by atoms with E-state index in [-0.39, 0.29) is 54.3 Å². The summed E-state index contributed by atoms with van der Waals surface area (Å²) in [4.78, 5) is 25.3. The van der Waals surface area contributed by atoms with Gasteiger partial charge in [0.15, 0.2) is 23.1 Å². The van der Waals surface area contributed by atoms with Crippen LogP contribution in [0.25, 0.3) is 21.9 Å². The Balaban J connectivity index is 1.29. The van der Waals surface area contributed by atoms with Crippen molar-refractivity contribution in [2.24, 2.45) is 5.92 Å². The molecular formula is C31H38FN6O8P. The Bertz CT molecular complexity index is 1870. The molecule has 1 saturated heterocycles. The maximum absolute atomic E-state index is 16.6. The molecule has 2 aliphatic rings. The Hall–Kier alpha value is -3.88. The first-order valence-corrected chi connectivity index (χ1v) is 16.8. The van der Waals surface area contributed by atoms with Crippen molar-refractivity contribution in [2.45, 2.75) is 70.2 Å². The first-order valence-electron chi connectivity index (χ1n) is 15.3. The summed E-state index contributed by atoms with van der Waals surface area (Å²) in [6, 6.07) is 11.4. The summed E-state index contributed by atoms with van der Waals surface area (Å²) >= 11 is 0. The number of aromatic nitrogens is 4. The molecule has 2 aromatic heterocycles. The first kappa shape index (κ1) is 33.0. The molecule has 2 fully saturated rings. The fraction of sp³-hybridized carbons (Fsp3) is 0.484. The fourth-order valence-electron chi connectivity index (χ4n) is 5.84. The fourth-order valence-corrected chi connectivity index (χ4v) is 7.40. The zero-order valence-corrected chi connectivity index (χ0v) is 27.6. The van der Waals surface area contributed by atoms with Gasteiger partial charge >= 0.3 is 13.7 Å². The van der Waals surface area contributed by atoms with Gasteiger partial charge in [-0.3, -0.25) is 13.9 Å². The highest BCUT2D eigenvalue weighted by Gasteiger charge is 2.85. The van der Waals surface area contributed by atoms with Crippen LogP contribution in [0.5, 0.6) is 11.6 Å². The molecule has 1 aliphatic carbocycles. The summed E-state index contributed by atoms with van der Waals surface area (Å²) in [6.45, 7) is 8.08. The molecule has 6 unspecified atom stereocenters. The third-order valence-corrected chi connectivity index (χ3v) is 10.0. The highest BCUT2D eigenvalue weighted by atomic mass is 31.2. The minimum atomic E-state index is -4.42. The Morgan fingerprint density at radius 2 is 1.98 bits per heavy atom. The number of fused-ring (bicyclic) bond motifs is 3. The number of nitrogens with two attached hydrogens (primary N) is 1. The summed E-state index contributed by atoms with van der Waals surface area (Å²) in [6.07, 6.45) is -0.306. The van der Waals surface area contributed by atoms with Gasteiger partial charge in [-0.2, -0.15) is 15.1 Å². The minimum Gasteiger partial charge on any atom is -0.476 e. The number of alkyl halides is 1. The number of hydrogen-bond acceptors (Lipinski definition) is 12. The number of imidazole rings is 1. The van der Waals surface area contributed by atoms with Crippen LogP contribution in [0, 0.1) is 5.92 Å². The Labute approximate surface area is 270 Å². The summed E-state index contributed by atoms with van der Waals surface area (Å²) in [5, 5.41) is 15.7. The van der Waals surface area contributed by atoms with Gasteiger partial charge in [0.2, 0.25) is 11.8 Å². The van der Waals surface area contributed by atoms with Crippen molar-refractivity contribution in [3.8, 4) is 11.6 Å². The van der Waals surface area contributed by atoms with E-state index >= 15 is 4.39 Å². The molecule has 0 radical (unpaired) electrons. The van der Waals surface area contributed by atoms with Crippen LogP contribution in [0.1, 0.15) is 47.3 Å². The average Bonchev–Trinajstić information content (AvgIpc) is 3.33. The van der Waals surface area contributed by atoms with Crippen molar-refractivity contribution in [3.63, 3.8) is 0 Å². The topological polar surface area (TPSA) is 182 Å². The van der Waals surface area contributed by atoms with Crippen molar-refractivity contribution < 1.29 is 42.1 Å². The minimum absolute atomic E-state index is 0.0801. The predicted molar refractivity (Wildman–Crippen MR) is 169 cm³/mol. The second-order valence-corrected chi connectivity index (χ2v) is 14.1. The molecule has 0 spiro atoms. The molecule has 4 N–H and O–H groups in total. The number of aliphatic hydroxyl groups is 1. The van der Waals surface area contributed by atoms with E-state index in [4.69, 9.17) is 29.0 Å². The Morgan fingerprint density at radius 3 is 2.72 bits per heavy atom. The van der Waals surface area contributed by atoms with Gasteiger partial charge in [0.05, 0.1) is 26.1 Å². The normalized spacial score (nSPS) is 27.0. The Morgan fingerprint density at radius 1 is 1.23 bits per heavy atom. The van der Waals surface area contributed by atoms with E-state index in [1.54, 1.807) is 31.2 Å². The SMILES string of the molecule is CCOc1nc(N)nc2c1ncn2C1OC2(COP(=O)(NC(C)C(=O)OCC(C)C)Oc3cccc4ccccc34)CC2(O)C1(C)F. The smallest absolute Gasteiger partial charge is 0.459 e. The van der Waals surface area contributed by atoms with E-state index in [0.717, 1.165) is 5.39 Å². The molecule has 14 nitrogen and oxygen atoms in total. The summed E-state index contributed by atoms with van der Waals surface area (Å²) < 4.78 is 61.3. The van der Waals surface area contributed by atoms with Crippen LogP contribution >= 0.6 is 7.75 Å².